The Morgan fingerprint density at radius 3 is 2.28 bits per heavy atom. The third kappa shape index (κ3) is 2.08. The molecule has 1 aromatic rings. The molecular formula is C14H19NO2S. The predicted octanol–water partition coefficient (Wildman–Crippen LogP) is 2.61. The average molecular weight is 265 g/mol. The monoisotopic (exact) mass is 265 g/mol. The van der Waals surface area contributed by atoms with Gasteiger partial charge in [0, 0.05) is 5.54 Å². The Morgan fingerprint density at radius 2 is 1.78 bits per heavy atom. The van der Waals surface area contributed by atoms with Crippen LogP contribution in [-0.4, -0.2) is 14.0 Å². The number of rotatable bonds is 3. The maximum Gasteiger partial charge on any atom is 0.241 e. The van der Waals surface area contributed by atoms with E-state index in [9.17, 15) is 8.42 Å². The van der Waals surface area contributed by atoms with Crippen molar-refractivity contribution >= 4 is 10.0 Å². The molecule has 0 saturated heterocycles. The van der Waals surface area contributed by atoms with Crippen LogP contribution in [0.25, 0.3) is 0 Å². The summed E-state index contributed by atoms with van der Waals surface area (Å²) >= 11 is 0. The van der Waals surface area contributed by atoms with Crippen LogP contribution in [0.2, 0.25) is 0 Å². The van der Waals surface area contributed by atoms with Crippen LogP contribution in [0.15, 0.2) is 29.2 Å². The molecule has 4 heteroatoms. The lowest BCUT2D eigenvalue weighted by Gasteiger charge is -2.27. The van der Waals surface area contributed by atoms with Gasteiger partial charge >= 0.3 is 0 Å². The molecule has 2 aliphatic rings. The van der Waals surface area contributed by atoms with Gasteiger partial charge in [-0.05, 0) is 57.1 Å². The highest BCUT2D eigenvalue weighted by molar-refractivity contribution is 7.89. The smallest absolute Gasteiger partial charge is 0.207 e. The van der Waals surface area contributed by atoms with Gasteiger partial charge in [0.05, 0.1) is 4.90 Å². The third-order valence-electron chi connectivity index (χ3n) is 4.42. The van der Waals surface area contributed by atoms with Crippen molar-refractivity contribution in [2.24, 2.45) is 5.92 Å². The molecule has 0 amide bonds. The molecule has 2 aliphatic carbocycles. The Morgan fingerprint density at radius 1 is 1.17 bits per heavy atom. The van der Waals surface area contributed by atoms with Gasteiger partial charge in [-0.25, -0.2) is 13.1 Å². The van der Waals surface area contributed by atoms with Crippen LogP contribution in [0.3, 0.4) is 0 Å². The van der Waals surface area contributed by atoms with E-state index in [2.05, 4.69) is 4.72 Å². The van der Waals surface area contributed by atoms with Crippen molar-refractivity contribution in [1.29, 1.82) is 0 Å². The molecule has 0 spiro atoms. The zero-order valence-corrected chi connectivity index (χ0v) is 11.5. The first-order valence-electron chi connectivity index (χ1n) is 6.60. The van der Waals surface area contributed by atoms with Crippen LogP contribution < -0.4 is 4.72 Å². The molecule has 0 atom stereocenters. The molecule has 0 unspecified atom stereocenters. The van der Waals surface area contributed by atoms with Crippen molar-refractivity contribution in [2.45, 2.75) is 49.5 Å². The van der Waals surface area contributed by atoms with Gasteiger partial charge in [-0.2, -0.15) is 0 Å². The highest BCUT2D eigenvalue weighted by Crippen LogP contribution is 2.48. The average Bonchev–Trinajstić information content (AvgIpc) is 2.88. The number of nitrogens with one attached hydrogen (secondary N) is 1. The quantitative estimate of drug-likeness (QED) is 0.913. The first kappa shape index (κ1) is 12.2. The highest BCUT2D eigenvalue weighted by Gasteiger charge is 2.47. The first-order chi connectivity index (χ1) is 8.49. The van der Waals surface area contributed by atoms with Crippen LogP contribution in [0.4, 0.5) is 0 Å². The molecule has 2 saturated carbocycles. The van der Waals surface area contributed by atoms with Crippen molar-refractivity contribution in [1.82, 2.24) is 4.72 Å². The van der Waals surface area contributed by atoms with Crippen LogP contribution in [0.1, 0.15) is 37.7 Å². The Kier molecular flexibility index (Phi) is 2.75. The molecule has 0 aromatic heterocycles. The zero-order valence-electron chi connectivity index (χ0n) is 10.6. The van der Waals surface area contributed by atoms with Crippen molar-refractivity contribution in [3.05, 3.63) is 29.8 Å². The van der Waals surface area contributed by atoms with Gasteiger partial charge in [0.1, 0.15) is 0 Å². The number of fused-ring (bicyclic) bond motifs is 2. The number of aryl methyl sites for hydroxylation is 1. The van der Waals surface area contributed by atoms with Gasteiger partial charge in [0.15, 0.2) is 0 Å². The number of hydrogen-bond acceptors (Lipinski definition) is 2. The Balaban J connectivity index is 1.85. The van der Waals surface area contributed by atoms with Crippen LogP contribution in [0.5, 0.6) is 0 Å². The third-order valence-corrected chi connectivity index (χ3v) is 6.02. The molecule has 3 rings (SSSR count). The van der Waals surface area contributed by atoms with Crippen LogP contribution in [-0.2, 0) is 10.0 Å². The Bertz CT molecular complexity index is 540. The van der Waals surface area contributed by atoms with E-state index in [0.29, 0.717) is 4.90 Å². The van der Waals surface area contributed by atoms with E-state index in [1.165, 1.54) is 12.8 Å². The molecule has 2 fully saturated rings. The van der Waals surface area contributed by atoms with Crippen molar-refractivity contribution in [3.8, 4) is 0 Å². The number of hydrogen-bond donors (Lipinski definition) is 1. The maximum atomic E-state index is 12.4. The summed E-state index contributed by atoms with van der Waals surface area (Å²) in [6.45, 7) is 1.96. The maximum absolute atomic E-state index is 12.4. The summed E-state index contributed by atoms with van der Waals surface area (Å²) in [6.07, 6.45) is 5.39. The topological polar surface area (TPSA) is 46.2 Å². The van der Waals surface area contributed by atoms with Gasteiger partial charge < -0.3 is 0 Å². The van der Waals surface area contributed by atoms with Crippen molar-refractivity contribution in [3.63, 3.8) is 0 Å². The summed E-state index contributed by atoms with van der Waals surface area (Å²) in [5.41, 5.74) is 0.933. The summed E-state index contributed by atoms with van der Waals surface area (Å²) < 4.78 is 27.7. The molecule has 1 N–H and O–H groups in total. The normalized spacial score (nSPS) is 30.8. The van der Waals surface area contributed by atoms with E-state index in [1.807, 2.05) is 19.1 Å². The molecule has 2 bridgehead atoms. The molecule has 0 heterocycles. The SMILES string of the molecule is Cc1ccc(S(=O)(=O)NC23CCC(CC2)C3)cc1. The summed E-state index contributed by atoms with van der Waals surface area (Å²) in [4.78, 5) is 0.387. The molecule has 98 valence electrons. The van der Waals surface area contributed by atoms with Crippen molar-refractivity contribution < 1.29 is 8.42 Å². The molecule has 18 heavy (non-hydrogen) atoms. The lowest BCUT2D eigenvalue weighted by Crippen LogP contribution is -2.44. The minimum atomic E-state index is -3.35. The fourth-order valence-electron chi connectivity index (χ4n) is 3.40. The molecule has 3 nitrogen and oxygen atoms in total. The number of benzene rings is 1. The summed E-state index contributed by atoms with van der Waals surface area (Å²) in [7, 11) is -3.35. The van der Waals surface area contributed by atoms with E-state index in [-0.39, 0.29) is 5.54 Å². The van der Waals surface area contributed by atoms with Gasteiger partial charge in [-0.3, -0.25) is 0 Å². The summed E-state index contributed by atoms with van der Waals surface area (Å²) in [6, 6.07) is 7.07. The summed E-state index contributed by atoms with van der Waals surface area (Å²) in [5.74, 6) is 0.741. The minimum absolute atomic E-state index is 0.144. The van der Waals surface area contributed by atoms with Crippen molar-refractivity contribution in [2.75, 3.05) is 0 Å². The Hall–Kier alpha value is -0.870. The number of sulfonamides is 1. The standard InChI is InChI=1S/C14H19NO2S/c1-11-2-4-13(5-3-11)18(16,17)15-14-8-6-12(10-14)7-9-14/h2-5,12,15H,6-10H2,1H3. The second kappa shape index (κ2) is 4.07. The first-order valence-corrected chi connectivity index (χ1v) is 8.08. The lowest BCUT2D eigenvalue weighted by atomic mass is 9.95. The summed E-state index contributed by atoms with van der Waals surface area (Å²) in [5, 5.41) is 0. The zero-order chi connectivity index (χ0) is 12.8. The minimum Gasteiger partial charge on any atom is -0.207 e. The Labute approximate surface area is 109 Å². The lowest BCUT2D eigenvalue weighted by molar-refractivity contribution is 0.379. The fourth-order valence-corrected chi connectivity index (χ4v) is 4.87. The molecule has 1 aromatic carbocycles. The van der Waals surface area contributed by atoms with Gasteiger partial charge in [0.2, 0.25) is 10.0 Å². The van der Waals surface area contributed by atoms with Crippen LogP contribution in [0, 0.1) is 12.8 Å². The molecule has 0 radical (unpaired) electrons. The van der Waals surface area contributed by atoms with E-state index in [1.54, 1.807) is 12.1 Å². The molecule has 0 aliphatic heterocycles. The van der Waals surface area contributed by atoms with E-state index >= 15 is 0 Å². The van der Waals surface area contributed by atoms with Crippen LogP contribution >= 0.6 is 0 Å². The second-order valence-corrected chi connectivity index (χ2v) is 7.53. The highest BCUT2D eigenvalue weighted by atomic mass is 32.2. The van der Waals surface area contributed by atoms with Gasteiger partial charge in [0.25, 0.3) is 0 Å². The largest absolute Gasteiger partial charge is 0.241 e. The van der Waals surface area contributed by atoms with E-state index in [0.717, 1.165) is 30.7 Å². The fraction of sp³-hybridized carbons (Fsp3) is 0.571. The van der Waals surface area contributed by atoms with E-state index < -0.39 is 10.0 Å². The predicted molar refractivity (Wildman–Crippen MR) is 70.8 cm³/mol. The van der Waals surface area contributed by atoms with E-state index in [4.69, 9.17) is 0 Å². The molecular weight excluding hydrogens is 246 g/mol. The van der Waals surface area contributed by atoms with Gasteiger partial charge in [-0.15, -0.1) is 0 Å². The second-order valence-electron chi connectivity index (χ2n) is 5.85. The van der Waals surface area contributed by atoms with Gasteiger partial charge in [-0.1, -0.05) is 17.7 Å².